The molecule has 2 rings (SSSR count). The van der Waals surface area contributed by atoms with E-state index in [1.807, 2.05) is 36.4 Å². The number of nitriles is 1. The Balaban J connectivity index is 2.09. The molecular weight excluding hydrogens is 336 g/mol. The minimum Gasteiger partial charge on any atom is -0.380 e. The molecule has 0 aliphatic rings. The van der Waals surface area contributed by atoms with E-state index in [0.717, 1.165) is 20.6 Å². The van der Waals surface area contributed by atoms with Crippen molar-refractivity contribution in [2.24, 2.45) is 0 Å². The summed E-state index contributed by atoms with van der Waals surface area (Å²) in [5.74, 6) is 0. The molecule has 20 heavy (non-hydrogen) atoms. The Kier molecular flexibility index (Phi) is 4.94. The maximum atomic E-state index is 11.3. The van der Waals surface area contributed by atoms with Crippen LogP contribution in [0.5, 0.6) is 0 Å². The molecule has 1 N–H and O–H groups in total. The minimum atomic E-state index is -0.954. The molecule has 0 spiro atoms. The van der Waals surface area contributed by atoms with Gasteiger partial charge in [0.25, 0.3) is 0 Å². The molecule has 102 valence electrons. The zero-order chi connectivity index (χ0) is 14.5. The molecule has 0 heterocycles. The van der Waals surface area contributed by atoms with E-state index in [2.05, 4.69) is 27.3 Å². The van der Waals surface area contributed by atoms with Gasteiger partial charge in [0, 0.05) is 33.0 Å². The Morgan fingerprint density at radius 2 is 1.95 bits per heavy atom. The maximum absolute atomic E-state index is 11.3. The topological polar surface area (TPSA) is 52.9 Å². The van der Waals surface area contributed by atoms with Crippen LogP contribution in [0.25, 0.3) is 0 Å². The first-order valence-corrected chi connectivity index (χ1v) is 8.31. The van der Waals surface area contributed by atoms with E-state index in [4.69, 9.17) is 5.26 Å². The summed E-state index contributed by atoms with van der Waals surface area (Å²) >= 11 is 3.35. The molecule has 0 bridgehead atoms. The average Bonchev–Trinajstić information content (AvgIpc) is 2.46. The lowest BCUT2D eigenvalue weighted by atomic mass is 10.1. The second-order valence-corrected chi connectivity index (χ2v) is 6.55. The van der Waals surface area contributed by atoms with Crippen LogP contribution in [0.15, 0.2) is 51.8 Å². The lowest BCUT2D eigenvalue weighted by molar-refractivity contribution is 0.687. The van der Waals surface area contributed by atoms with Crippen molar-refractivity contribution in [1.29, 1.82) is 5.26 Å². The highest BCUT2D eigenvalue weighted by atomic mass is 79.9. The fourth-order valence-corrected chi connectivity index (χ4v) is 2.64. The van der Waals surface area contributed by atoms with Crippen LogP contribution in [-0.4, -0.2) is 10.5 Å². The summed E-state index contributed by atoms with van der Waals surface area (Å²) in [6.45, 7) is 0.618. The minimum absolute atomic E-state index is 0.602. The first kappa shape index (κ1) is 14.8. The molecule has 0 radical (unpaired) electrons. The number of hydrogen-bond acceptors (Lipinski definition) is 3. The van der Waals surface area contributed by atoms with E-state index in [-0.39, 0.29) is 0 Å². The summed E-state index contributed by atoms with van der Waals surface area (Å²) in [6, 6.07) is 15.3. The van der Waals surface area contributed by atoms with E-state index in [0.29, 0.717) is 12.1 Å². The number of benzene rings is 2. The van der Waals surface area contributed by atoms with Gasteiger partial charge in [0.2, 0.25) is 0 Å². The summed E-state index contributed by atoms with van der Waals surface area (Å²) in [6.07, 6.45) is 1.66. The van der Waals surface area contributed by atoms with Gasteiger partial charge in [-0.3, -0.25) is 4.21 Å². The van der Waals surface area contributed by atoms with Crippen molar-refractivity contribution >= 4 is 32.4 Å². The van der Waals surface area contributed by atoms with E-state index < -0.39 is 10.8 Å². The average molecular weight is 349 g/mol. The zero-order valence-corrected chi connectivity index (χ0v) is 13.3. The maximum Gasteiger partial charge on any atom is 0.101 e. The first-order chi connectivity index (χ1) is 9.60. The van der Waals surface area contributed by atoms with Crippen molar-refractivity contribution in [2.75, 3.05) is 11.6 Å². The largest absolute Gasteiger partial charge is 0.380 e. The second kappa shape index (κ2) is 6.69. The van der Waals surface area contributed by atoms with Gasteiger partial charge in [0.1, 0.15) is 6.07 Å². The van der Waals surface area contributed by atoms with Crippen LogP contribution in [-0.2, 0) is 17.3 Å². The van der Waals surface area contributed by atoms with Gasteiger partial charge < -0.3 is 5.32 Å². The van der Waals surface area contributed by atoms with Crippen LogP contribution in [0.1, 0.15) is 11.1 Å². The Hall–Kier alpha value is -1.64. The molecule has 2 aromatic rings. The number of anilines is 1. The lowest BCUT2D eigenvalue weighted by Crippen LogP contribution is -2.01. The Morgan fingerprint density at radius 1 is 1.25 bits per heavy atom. The van der Waals surface area contributed by atoms with Crippen molar-refractivity contribution in [3.63, 3.8) is 0 Å². The Morgan fingerprint density at radius 3 is 2.55 bits per heavy atom. The van der Waals surface area contributed by atoms with Gasteiger partial charge in [0.05, 0.1) is 11.3 Å². The van der Waals surface area contributed by atoms with Gasteiger partial charge in [-0.05, 0) is 35.9 Å². The van der Waals surface area contributed by atoms with E-state index in [9.17, 15) is 4.21 Å². The van der Waals surface area contributed by atoms with Gasteiger partial charge in [-0.25, -0.2) is 0 Å². The quantitative estimate of drug-likeness (QED) is 0.916. The Bertz CT molecular complexity index is 677. The highest BCUT2D eigenvalue weighted by Crippen LogP contribution is 2.21. The van der Waals surface area contributed by atoms with Crippen molar-refractivity contribution in [3.8, 4) is 6.07 Å². The third-order valence-electron chi connectivity index (χ3n) is 2.84. The third kappa shape index (κ3) is 3.69. The summed E-state index contributed by atoms with van der Waals surface area (Å²) < 4.78 is 12.2. The number of halogens is 1. The van der Waals surface area contributed by atoms with Gasteiger partial charge in [0.15, 0.2) is 0 Å². The highest BCUT2D eigenvalue weighted by molar-refractivity contribution is 9.10. The van der Waals surface area contributed by atoms with Gasteiger partial charge >= 0.3 is 0 Å². The van der Waals surface area contributed by atoms with E-state index in [1.54, 1.807) is 12.3 Å². The molecule has 3 nitrogen and oxygen atoms in total. The molecule has 0 amide bonds. The third-order valence-corrected chi connectivity index (χ3v) is 4.27. The van der Waals surface area contributed by atoms with Crippen molar-refractivity contribution in [2.45, 2.75) is 11.4 Å². The molecule has 2 aromatic carbocycles. The van der Waals surface area contributed by atoms with Crippen LogP contribution in [0, 0.1) is 11.3 Å². The molecule has 0 aromatic heterocycles. The first-order valence-electron chi connectivity index (χ1n) is 5.96. The van der Waals surface area contributed by atoms with Gasteiger partial charge in [-0.15, -0.1) is 0 Å². The van der Waals surface area contributed by atoms with Crippen LogP contribution in [0.4, 0.5) is 5.69 Å². The van der Waals surface area contributed by atoms with E-state index >= 15 is 0 Å². The number of nitrogens with zero attached hydrogens (tertiary/aromatic N) is 1. The fourth-order valence-electron chi connectivity index (χ4n) is 1.76. The molecular formula is C15H13BrN2OS. The molecule has 0 aliphatic carbocycles. The highest BCUT2D eigenvalue weighted by Gasteiger charge is 2.03. The van der Waals surface area contributed by atoms with Crippen molar-refractivity contribution < 1.29 is 4.21 Å². The number of rotatable bonds is 4. The number of hydrogen-bond donors (Lipinski definition) is 1. The van der Waals surface area contributed by atoms with Crippen LogP contribution in [0.3, 0.4) is 0 Å². The predicted octanol–water partition coefficient (Wildman–Crippen LogP) is 3.67. The molecule has 0 saturated carbocycles. The zero-order valence-electron chi connectivity index (χ0n) is 10.9. The molecule has 1 atom stereocenters. The summed E-state index contributed by atoms with van der Waals surface area (Å²) in [5.41, 5.74) is 2.48. The standard InChI is InChI=1S/C15H13BrN2OS/c1-20(19)14-5-2-11(3-6-14)10-18-15-7-4-13(16)8-12(15)9-17/h2-8,18H,10H2,1H3/t20-/m1/s1. The van der Waals surface area contributed by atoms with E-state index in [1.165, 1.54) is 0 Å². The molecule has 0 aliphatic heterocycles. The summed E-state index contributed by atoms with van der Waals surface area (Å²) in [5, 5.41) is 12.3. The monoisotopic (exact) mass is 348 g/mol. The Labute approximate surface area is 129 Å². The second-order valence-electron chi connectivity index (χ2n) is 4.25. The molecule has 5 heteroatoms. The van der Waals surface area contributed by atoms with Crippen LogP contribution >= 0.6 is 15.9 Å². The molecule has 0 unspecified atom stereocenters. The smallest absolute Gasteiger partial charge is 0.101 e. The number of nitrogens with one attached hydrogen (secondary N) is 1. The van der Waals surface area contributed by atoms with Crippen LogP contribution < -0.4 is 5.32 Å². The summed E-state index contributed by atoms with van der Waals surface area (Å²) in [7, 11) is -0.954. The van der Waals surface area contributed by atoms with Gasteiger partial charge in [-0.2, -0.15) is 5.26 Å². The summed E-state index contributed by atoms with van der Waals surface area (Å²) in [4.78, 5) is 0.815. The van der Waals surface area contributed by atoms with Gasteiger partial charge in [-0.1, -0.05) is 28.1 Å². The predicted molar refractivity (Wildman–Crippen MR) is 85.0 cm³/mol. The molecule has 0 saturated heterocycles. The van der Waals surface area contributed by atoms with Crippen molar-refractivity contribution in [1.82, 2.24) is 0 Å². The molecule has 0 fully saturated rings. The SMILES string of the molecule is C[S@@](=O)c1ccc(CNc2ccc(Br)cc2C#N)cc1. The fraction of sp³-hybridized carbons (Fsp3) is 0.133. The van der Waals surface area contributed by atoms with Crippen LogP contribution in [0.2, 0.25) is 0 Å². The lowest BCUT2D eigenvalue weighted by Gasteiger charge is -2.09. The normalized spacial score (nSPS) is 11.7. The van der Waals surface area contributed by atoms with Crippen molar-refractivity contribution in [3.05, 3.63) is 58.1 Å².